The zero-order valence-electron chi connectivity index (χ0n) is 14.1. The van der Waals surface area contributed by atoms with Crippen molar-refractivity contribution in [1.82, 2.24) is 15.1 Å². The molecule has 1 amide bonds. The average Bonchev–Trinajstić information content (AvgIpc) is 3.11. The molecule has 1 aromatic carbocycles. The van der Waals surface area contributed by atoms with E-state index in [0.717, 1.165) is 0 Å². The Labute approximate surface area is 146 Å². The molecular formula is C17H20FN3O3S. The number of amides is 1. The molecule has 3 rings (SSSR count). The number of hydrogen-bond acceptors (Lipinski definition) is 4. The first kappa shape index (κ1) is 17.6. The highest BCUT2D eigenvalue weighted by atomic mass is 32.2. The highest BCUT2D eigenvalue weighted by Gasteiger charge is 2.30. The number of nitrogens with one attached hydrogen (secondary N) is 1. The molecule has 0 spiro atoms. The molecule has 1 aliphatic heterocycles. The molecule has 2 heterocycles. The van der Waals surface area contributed by atoms with E-state index in [0.29, 0.717) is 23.4 Å². The summed E-state index contributed by atoms with van der Waals surface area (Å²) < 4.78 is 37.9. The molecule has 1 aromatic heterocycles. The maximum Gasteiger partial charge on any atom is 0.255 e. The van der Waals surface area contributed by atoms with Crippen LogP contribution in [0.15, 0.2) is 30.5 Å². The Hall–Kier alpha value is -2.22. The van der Waals surface area contributed by atoms with Gasteiger partial charge in [-0.15, -0.1) is 0 Å². The lowest BCUT2D eigenvalue weighted by molar-refractivity contribution is 0.0939. The number of benzene rings is 1. The molecule has 0 aliphatic carbocycles. The molecule has 1 atom stereocenters. The summed E-state index contributed by atoms with van der Waals surface area (Å²) in [7, 11) is -3.06. The molecular weight excluding hydrogens is 345 g/mol. The van der Waals surface area contributed by atoms with Crippen LogP contribution in [-0.4, -0.2) is 41.7 Å². The molecule has 1 aliphatic rings. The van der Waals surface area contributed by atoms with Gasteiger partial charge in [0.1, 0.15) is 5.82 Å². The van der Waals surface area contributed by atoms with E-state index in [2.05, 4.69) is 10.4 Å². The third-order valence-electron chi connectivity index (χ3n) is 4.24. The van der Waals surface area contributed by atoms with Crippen LogP contribution in [0.5, 0.6) is 0 Å². The maximum absolute atomic E-state index is 13.1. The van der Waals surface area contributed by atoms with Gasteiger partial charge in [-0.3, -0.25) is 4.79 Å². The summed E-state index contributed by atoms with van der Waals surface area (Å²) in [6.45, 7) is 3.88. The van der Waals surface area contributed by atoms with Crippen LogP contribution in [0.1, 0.15) is 42.2 Å². The van der Waals surface area contributed by atoms with Gasteiger partial charge >= 0.3 is 0 Å². The Morgan fingerprint density at radius 1 is 1.32 bits per heavy atom. The predicted molar refractivity (Wildman–Crippen MR) is 92.1 cm³/mol. The van der Waals surface area contributed by atoms with Crippen molar-refractivity contribution in [3.8, 4) is 5.69 Å². The smallest absolute Gasteiger partial charge is 0.255 e. The summed E-state index contributed by atoms with van der Waals surface area (Å²) in [6, 6.07) is 5.50. The minimum atomic E-state index is -3.06. The molecule has 25 heavy (non-hydrogen) atoms. The Balaban J connectivity index is 1.89. The molecule has 8 heteroatoms. The number of aromatic nitrogens is 2. The first-order valence-corrected chi connectivity index (χ1v) is 9.94. The van der Waals surface area contributed by atoms with Crippen molar-refractivity contribution in [2.24, 2.45) is 0 Å². The van der Waals surface area contributed by atoms with Crippen molar-refractivity contribution in [2.75, 3.05) is 11.5 Å². The lowest BCUT2D eigenvalue weighted by Crippen LogP contribution is -2.36. The topological polar surface area (TPSA) is 81.1 Å². The second kappa shape index (κ2) is 6.59. The van der Waals surface area contributed by atoms with Gasteiger partial charge in [-0.2, -0.15) is 5.10 Å². The number of halogens is 1. The molecule has 1 saturated heterocycles. The maximum atomic E-state index is 13.1. The minimum Gasteiger partial charge on any atom is -0.348 e. The SMILES string of the molecule is CC(C)c1c(C(=O)NC2CCS(=O)(=O)C2)cnn1-c1ccc(F)cc1. The van der Waals surface area contributed by atoms with Crippen LogP contribution in [0.2, 0.25) is 0 Å². The van der Waals surface area contributed by atoms with Gasteiger partial charge in [-0.1, -0.05) is 13.8 Å². The highest BCUT2D eigenvalue weighted by Crippen LogP contribution is 2.24. The van der Waals surface area contributed by atoms with Crippen LogP contribution in [0, 0.1) is 5.82 Å². The van der Waals surface area contributed by atoms with E-state index in [-0.39, 0.29) is 35.2 Å². The van der Waals surface area contributed by atoms with E-state index in [9.17, 15) is 17.6 Å². The molecule has 1 N–H and O–H groups in total. The lowest BCUT2D eigenvalue weighted by atomic mass is 10.0. The van der Waals surface area contributed by atoms with E-state index in [4.69, 9.17) is 0 Å². The van der Waals surface area contributed by atoms with Crippen molar-refractivity contribution in [2.45, 2.75) is 32.2 Å². The molecule has 0 bridgehead atoms. The predicted octanol–water partition coefficient (Wildman–Crippen LogP) is 2.05. The Kier molecular flexibility index (Phi) is 4.64. The number of carbonyl (C=O) groups is 1. The molecule has 1 unspecified atom stereocenters. The fraction of sp³-hybridized carbons (Fsp3) is 0.412. The van der Waals surface area contributed by atoms with Gasteiger partial charge in [0.15, 0.2) is 9.84 Å². The van der Waals surface area contributed by atoms with E-state index in [1.54, 1.807) is 16.8 Å². The second-order valence-electron chi connectivity index (χ2n) is 6.56. The summed E-state index contributed by atoms with van der Waals surface area (Å²) in [5.74, 6) is -0.603. The van der Waals surface area contributed by atoms with Crippen LogP contribution < -0.4 is 5.32 Å². The van der Waals surface area contributed by atoms with Gasteiger partial charge in [0, 0.05) is 6.04 Å². The summed E-state index contributed by atoms with van der Waals surface area (Å²) in [6.07, 6.45) is 1.90. The number of nitrogens with zero attached hydrogens (tertiary/aromatic N) is 2. The molecule has 134 valence electrons. The Morgan fingerprint density at radius 2 is 2.00 bits per heavy atom. The van der Waals surface area contributed by atoms with Crippen LogP contribution in [0.3, 0.4) is 0 Å². The number of hydrogen-bond donors (Lipinski definition) is 1. The largest absolute Gasteiger partial charge is 0.348 e. The normalized spacial score (nSPS) is 19.3. The molecule has 6 nitrogen and oxygen atoms in total. The van der Waals surface area contributed by atoms with Gasteiger partial charge in [0.05, 0.1) is 34.6 Å². The fourth-order valence-electron chi connectivity index (χ4n) is 3.05. The monoisotopic (exact) mass is 365 g/mol. The standard InChI is InChI=1S/C17H20FN3O3S/c1-11(2)16-15(17(22)20-13-7-8-25(23,24)10-13)9-19-21(16)14-5-3-12(18)4-6-14/h3-6,9,11,13H,7-8,10H2,1-2H3,(H,20,22). The van der Waals surface area contributed by atoms with Crippen molar-refractivity contribution in [1.29, 1.82) is 0 Å². The Bertz CT molecular complexity index is 888. The van der Waals surface area contributed by atoms with Crippen LogP contribution >= 0.6 is 0 Å². The number of rotatable bonds is 4. The van der Waals surface area contributed by atoms with Crippen molar-refractivity contribution in [3.05, 3.63) is 47.5 Å². The minimum absolute atomic E-state index is 0.000568. The van der Waals surface area contributed by atoms with E-state index in [1.165, 1.54) is 18.3 Å². The Morgan fingerprint density at radius 3 is 2.56 bits per heavy atom. The van der Waals surface area contributed by atoms with Crippen molar-refractivity contribution in [3.63, 3.8) is 0 Å². The van der Waals surface area contributed by atoms with Gasteiger partial charge in [0.2, 0.25) is 0 Å². The summed E-state index contributed by atoms with van der Waals surface area (Å²) >= 11 is 0. The lowest BCUT2D eigenvalue weighted by Gasteiger charge is -2.14. The van der Waals surface area contributed by atoms with Crippen LogP contribution in [0.4, 0.5) is 4.39 Å². The van der Waals surface area contributed by atoms with Gasteiger partial charge in [-0.25, -0.2) is 17.5 Å². The summed E-state index contributed by atoms with van der Waals surface area (Å²) in [4.78, 5) is 12.6. The van der Waals surface area contributed by atoms with E-state index < -0.39 is 9.84 Å². The van der Waals surface area contributed by atoms with Crippen molar-refractivity contribution < 1.29 is 17.6 Å². The van der Waals surface area contributed by atoms with Crippen LogP contribution in [0.25, 0.3) is 5.69 Å². The average molecular weight is 365 g/mol. The fourth-order valence-corrected chi connectivity index (χ4v) is 4.72. The first-order valence-electron chi connectivity index (χ1n) is 8.12. The third kappa shape index (κ3) is 3.73. The summed E-state index contributed by atoms with van der Waals surface area (Å²) in [5.41, 5.74) is 1.76. The molecule has 2 aromatic rings. The van der Waals surface area contributed by atoms with Gasteiger partial charge < -0.3 is 5.32 Å². The van der Waals surface area contributed by atoms with Gasteiger partial charge in [0.25, 0.3) is 5.91 Å². The zero-order chi connectivity index (χ0) is 18.2. The quantitative estimate of drug-likeness (QED) is 0.899. The first-order chi connectivity index (χ1) is 11.8. The molecule has 1 fully saturated rings. The highest BCUT2D eigenvalue weighted by molar-refractivity contribution is 7.91. The summed E-state index contributed by atoms with van der Waals surface area (Å²) in [5, 5.41) is 7.07. The second-order valence-corrected chi connectivity index (χ2v) is 8.79. The third-order valence-corrected chi connectivity index (χ3v) is 6.00. The molecule has 0 saturated carbocycles. The number of carbonyl (C=O) groups excluding carboxylic acids is 1. The molecule has 0 radical (unpaired) electrons. The zero-order valence-corrected chi connectivity index (χ0v) is 14.9. The van der Waals surface area contributed by atoms with Crippen LogP contribution in [-0.2, 0) is 9.84 Å². The van der Waals surface area contributed by atoms with Gasteiger partial charge in [-0.05, 0) is 36.6 Å². The number of sulfone groups is 1. The van der Waals surface area contributed by atoms with E-state index >= 15 is 0 Å². The van der Waals surface area contributed by atoms with E-state index in [1.807, 2.05) is 13.8 Å². The van der Waals surface area contributed by atoms with Crippen molar-refractivity contribution >= 4 is 15.7 Å².